The minimum Gasteiger partial charge on any atom is -0.464 e. The predicted octanol–water partition coefficient (Wildman–Crippen LogP) is 2.32. The van der Waals surface area contributed by atoms with Crippen LogP contribution in [0.2, 0.25) is 0 Å². The van der Waals surface area contributed by atoms with E-state index in [9.17, 15) is 13.6 Å². The topological polar surface area (TPSA) is 65.2 Å². The molecule has 16 heavy (non-hydrogen) atoms. The molecule has 0 saturated carbocycles. The van der Waals surface area contributed by atoms with Crippen LogP contribution in [0.25, 0.3) is 0 Å². The second-order valence-corrected chi connectivity index (χ2v) is 3.90. The maximum atomic E-state index is 13.1. The van der Waals surface area contributed by atoms with Crippen molar-refractivity contribution in [1.29, 1.82) is 0 Å². The van der Waals surface area contributed by atoms with E-state index in [-0.39, 0.29) is 21.5 Å². The Morgan fingerprint density at radius 2 is 2.19 bits per heavy atom. The molecule has 7 heteroatoms. The number of methoxy groups -OCH3 is 1. The summed E-state index contributed by atoms with van der Waals surface area (Å²) in [4.78, 5) is 14.8. The number of nitrogens with zero attached hydrogens (tertiary/aromatic N) is 1. The first-order chi connectivity index (χ1) is 7.27. The summed E-state index contributed by atoms with van der Waals surface area (Å²) in [6, 6.07) is 1.00. The number of anilines is 1. The summed E-state index contributed by atoms with van der Waals surface area (Å²) in [5.41, 5.74) is 4.73. The second-order valence-electron chi connectivity index (χ2n) is 3.14. The number of pyridine rings is 1. The van der Waals surface area contributed by atoms with Gasteiger partial charge in [0.1, 0.15) is 4.60 Å². The number of carbonyl (C=O) groups excluding carboxylic acids is 1. The number of nitrogen functional groups attached to an aromatic ring is 1. The highest BCUT2D eigenvalue weighted by Gasteiger charge is 2.30. The first kappa shape index (κ1) is 12.8. The van der Waals surface area contributed by atoms with E-state index in [1.165, 1.54) is 0 Å². The zero-order valence-corrected chi connectivity index (χ0v) is 10.1. The first-order valence-electron chi connectivity index (χ1n) is 4.20. The summed E-state index contributed by atoms with van der Waals surface area (Å²) in [6.45, 7) is 0.714. The molecule has 0 aliphatic heterocycles. The van der Waals surface area contributed by atoms with Gasteiger partial charge in [-0.3, -0.25) is 0 Å². The average molecular weight is 295 g/mol. The van der Waals surface area contributed by atoms with E-state index < -0.39 is 11.9 Å². The van der Waals surface area contributed by atoms with Gasteiger partial charge in [0.15, 0.2) is 5.69 Å². The van der Waals surface area contributed by atoms with Crippen LogP contribution in [0.15, 0.2) is 10.7 Å². The Hall–Kier alpha value is -1.24. The highest BCUT2D eigenvalue weighted by Crippen LogP contribution is 2.34. The zero-order chi connectivity index (χ0) is 12.5. The number of hydrogen-bond acceptors (Lipinski definition) is 4. The monoisotopic (exact) mass is 294 g/mol. The summed E-state index contributed by atoms with van der Waals surface area (Å²) in [5, 5.41) is 0. The molecule has 0 unspecified atom stereocenters. The molecule has 1 heterocycles. The summed E-state index contributed by atoms with van der Waals surface area (Å²) >= 11 is 2.86. The van der Waals surface area contributed by atoms with Crippen molar-refractivity contribution >= 4 is 27.6 Å². The smallest absolute Gasteiger partial charge is 0.358 e. The van der Waals surface area contributed by atoms with Crippen molar-refractivity contribution in [2.24, 2.45) is 0 Å². The molecule has 1 rings (SSSR count). The van der Waals surface area contributed by atoms with Crippen molar-refractivity contribution in [3.8, 4) is 0 Å². The lowest BCUT2D eigenvalue weighted by molar-refractivity contribution is 0.0162. The van der Waals surface area contributed by atoms with E-state index in [2.05, 4.69) is 25.7 Å². The predicted molar refractivity (Wildman–Crippen MR) is 57.3 cm³/mol. The highest BCUT2D eigenvalue weighted by atomic mass is 79.9. The maximum Gasteiger partial charge on any atom is 0.358 e. The van der Waals surface area contributed by atoms with Crippen LogP contribution in [0.1, 0.15) is 23.0 Å². The van der Waals surface area contributed by atoms with E-state index in [0.717, 1.165) is 13.2 Å². The van der Waals surface area contributed by atoms with Crippen molar-refractivity contribution in [2.75, 3.05) is 12.8 Å². The van der Waals surface area contributed by atoms with Crippen LogP contribution in [-0.4, -0.2) is 18.1 Å². The van der Waals surface area contributed by atoms with Crippen LogP contribution in [0.4, 0.5) is 14.5 Å². The van der Waals surface area contributed by atoms with Crippen LogP contribution in [-0.2, 0) is 10.7 Å². The van der Waals surface area contributed by atoms with E-state index in [0.29, 0.717) is 6.92 Å². The van der Waals surface area contributed by atoms with Crippen molar-refractivity contribution in [3.63, 3.8) is 0 Å². The molecule has 0 aliphatic carbocycles. The number of nitrogens with two attached hydrogens (primary N) is 1. The number of carbonyl (C=O) groups is 1. The van der Waals surface area contributed by atoms with Gasteiger partial charge in [-0.15, -0.1) is 0 Å². The van der Waals surface area contributed by atoms with Gasteiger partial charge in [0, 0.05) is 6.92 Å². The van der Waals surface area contributed by atoms with Crippen molar-refractivity contribution in [1.82, 2.24) is 4.98 Å². The van der Waals surface area contributed by atoms with Gasteiger partial charge >= 0.3 is 5.97 Å². The molecular weight excluding hydrogens is 286 g/mol. The van der Waals surface area contributed by atoms with Gasteiger partial charge in [-0.2, -0.15) is 0 Å². The summed E-state index contributed by atoms with van der Waals surface area (Å²) in [5.74, 6) is -3.86. The largest absolute Gasteiger partial charge is 0.464 e. The first-order valence-corrected chi connectivity index (χ1v) is 4.99. The van der Waals surface area contributed by atoms with Crippen molar-refractivity contribution in [2.45, 2.75) is 12.8 Å². The molecule has 1 aromatic rings. The van der Waals surface area contributed by atoms with Crippen molar-refractivity contribution in [3.05, 3.63) is 21.9 Å². The number of aromatic nitrogens is 1. The van der Waals surface area contributed by atoms with Gasteiger partial charge in [0.2, 0.25) is 0 Å². The van der Waals surface area contributed by atoms with E-state index in [1.807, 2.05) is 0 Å². The normalized spacial score (nSPS) is 11.3. The Bertz CT molecular complexity index is 432. The Balaban J connectivity index is 3.33. The van der Waals surface area contributed by atoms with Gasteiger partial charge in [0.25, 0.3) is 5.92 Å². The van der Waals surface area contributed by atoms with E-state index >= 15 is 0 Å². The molecule has 0 amide bonds. The van der Waals surface area contributed by atoms with Gasteiger partial charge in [-0.05, 0) is 22.0 Å². The van der Waals surface area contributed by atoms with E-state index in [1.54, 1.807) is 0 Å². The molecule has 0 saturated heterocycles. The van der Waals surface area contributed by atoms with Crippen LogP contribution in [0, 0.1) is 0 Å². The molecular formula is C9H9BrF2N2O2. The molecule has 0 aromatic carbocycles. The number of rotatable bonds is 2. The molecule has 4 nitrogen and oxygen atoms in total. The van der Waals surface area contributed by atoms with Crippen molar-refractivity contribution < 1.29 is 18.3 Å². The molecule has 1 aromatic heterocycles. The molecule has 88 valence electrons. The molecule has 2 N–H and O–H groups in total. The van der Waals surface area contributed by atoms with Crippen LogP contribution in [0.5, 0.6) is 0 Å². The number of hydrogen-bond donors (Lipinski definition) is 1. The van der Waals surface area contributed by atoms with Crippen LogP contribution < -0.4 is 5.73 Å². The maximum absolute atomic E-state index is 13.1. The molecule has 0 aliphatic rings. The van der Waals surface area contributed by atoms with Gasteiger partial charge < -0.3 is 10.5 Å². The summed E-state index contributed by atoms with van der Waals surface area (Å²) in [6.07, 6.45) is 0. The van der Waals surface area contributed by atoms with Gasteiger partial charge in [-0.25, -0.2) is 18.6 Å². The third-order valence-electron chi connectivity index (χ3n) is 1.86. The summed E-state index contributed by atoms with van der Waals surface area (Å²) in [7, 11) is 1.15. The number of ether oxygens (including phenoxy) is 1. The fraction of sp³-hybridized carbons (Fsp3) is 0.333. The standard InChI is InChI=1S/C9H9BrF2N2O2/c1-9(11,12)4-3-5(13)6(8(15)16-2)14-7(4)10/h3H,13H2,1-2H3. The van der Waals surface area contributed by atoms with Crippen LogP contribution in [0.3, 0.4) is 0 Å². The minimum absolute atomic E-state index is 0.130. The Labute approximate surface area is 98.9 Å². The Morgan fingerprint density at radius 3 is 2.62 bits per heavy atom. The lowest BCUT2D eigenvalue weighted by Gasteiger charge is -2.14. The fourth-order valence-corrected chi connectivity index (χ4v) is 1.71. The number of alkyl halides is 2. The Kier molecular flexibility index (Phi) is 3.47. The third-order valence-corrected chi connectivity index (χ3v) is 2.46. The lowest BCUT2D eigenvalue weighted by Crippen LogP contribution is -2.14. The fourth-order valence-electron chi connectivity index (χ4n) is 1.07. The zero-order valence-electron chi connectivity index (χ0n) is 8.55. The van der Waals surface area contributed by atoms with Gasteiger partial charge in [0.05, 0.1) is 18.4 Å². The average Bonchev–Trinajstić information content (AvgIpc) is 2.18. The van der Waals surface area contributed by atoms with E-state index in [4.69, 9.17) is 5.73 Å². The number of halogens is 3. The third kappa shape index (κ3) is 2.46. The molecule has 0 fully saturated rings. The molecule has 0 radical (unpaired) electrons. The molecule has 0 atom stereocenters. The van der Waals surface area contributed by atoms with Gasteiger partial charge in [-0.1, -0.05) is 0 Å². The van der Waals surface area contributed by atoms with Crippen LogP contribution >= 0.6 is 15.9 Å². The highest BCUT2D eigenvalue weighted by molar-refractivity contribution is 9.10. The molecule has 0 spiro atoms. The Morgan fingerprint density at radius 1 is 1.62 bits per heavy atom. The number of esters is 1. The minimum atomic E-state index is -3.09. The SMILES string of the molecule is COC(=O)c1nc(Br)c(C(C)(F)F)cc1N. The molecule has 0 bridgehead atoms. The summed E-state index contributed by atoms with van der Waals surface area (Å²) < 4.78 is 30.4. The lowest BCUT2D eigenvalue weighted by atomic mass is 10.1. The second kappa shape index (κ2) is 4.32. The quantitative estimate of drug-likeness (QED) is 0.671.